The number of hydrogen-bond acceptors (Lipinski definition) is 8. The molecule has 0 saturated carbocycles. The van der Waals surface area contributed by atoms with Crippen LogP contribution in [0.5, 0.6) is 5.75 Å². The summed E-state index contributed by atoms with van der Waals surface area (Å²) >= 11 is 6.54. The molecule has 1 amide bonds. The van der Waals surface area contributed by atoms with Crippen LogP contribution in [0, 0.1) is 23.0 Å². The summed E-state index contributed by atoms with van der Waals surface area (Å²) in [6.07, 6.45) is 4.47. The number of likely N-dealkylation sites (N-methyl/N-ethyl adjacent to an activating group) is 3. The second kappa shape index (κ2) is 14.2. The number of nitriles is 1. The van der Waals surface area contributed by atoms with Crippen LogP contribution in [-0.4, -0.2) is 95.4 Å². The fraction of sp³-hybridized carbons (Fsp3) is 0.333. The molecule has 2 aromatic carbocycles. The summed E-state index contributed by atoms with van der Waals surface area (Å²) in [5, 5.41) is 12.1. The molecule has 0 aliphatic rings. The topological polar surface area (TPSA) is 102 Å². The first kappa shape index (κ1) is 31.6. The molecule has 0 atom stereocenters. The first-order valence-electron chi connectivity index (χ1n) is 13.6. The van der Waals surface area contributed by atoms with E-state index in [9.17, 15) is 13.6 Å². The van der Waals surface area contributed by atoms with Gasteiger partial charge < -0.3 is 24.8 Å². The molecule has 2 heterocycles. The summed E-state index contributed by atoms with van der Waals surface area (Å²) in [5.41, 5.74) is 1.54. The van der Waals surface area contributed by atoms with Gasteiger partial charge in [-0.2, -0.15) is 9.65 Å². The van der Waals surface area contributed by atoms with Crippen molar-refractivity contribution in [3.63, 3.8) is 0 Å². The van der Waals surface area contributed by atoms with Gasteiger partial charge >= 0.3 is 0 Å². The lowest BCUT2D eigenvalue weighted by Gasteiger charge is -2.26. The molecular weight excluding hydrogens is 578 g/mol. The molecular formula is C30H33ClF2N8O2. The fourth-order valence-corrected chi connectivity index (χ4v) is 4.69. The number of fused-ring (bicyclic) bond motifs is 1. The van der Waals surface area contributed by atoms with Gasteiger partial charge in [-0.1, -0.05) is 18.5 Å². The molecule has 43 heavy (non-hydrogen) atoms. The van der Waals surface area contributed by atoms with E-state index in [0.29, 0.717) is 29.3 Å². The first-order chi connectivity index (χ1) is 20.6. The lowest BCUT2D eigenvalue weighted by molar-refractivity contribution is 0.0777. The standard InChI is InChI=1S/C30H33ClF2N8O2/c1-5-40(15-13-38(2)3)16-14-39(4)30(42)21-7-6-20(18-23(21)31)37-28-29-36-19-24(41(29)12-11-35-28)22-8-9-25(43-17-10-34)27(33)26(22)32/h6-9,11-12,18-19H,5,13-17H2,1-4H3,(H,35,37). The Hall–Kier alpha value is -4.31. The van der Waals surface area contributed by atoms with Gasteiger partial charge in [0.1, 0.15) is 6.07 Å². The number of amides is 1. The molecule has 0 radical (unpaired) electrons. The zero-order valence-corrected chi connectivity index (χ0v) is 25.2. The van der Waals surface area contributed by atoms with E-state index in [4.69, 9.17) is 21.6 Å². The Labute approximate surface area is 254 Å². The Morgan fingerprint density at radius 2 is 1.86 bits per heavy atom. The van der Waals surface area contributed by atoms with Gasteiger partial charge in [-0.05, 0) is 51.0 Å². The molecule has 0 saturated heterocycles. The van der Waals surface area contributed by atoms with E-state index in [0.717, 1.165) is 26.2 Å². The number of benzene rings is 2. The Morgan fingerprint density at radius 3 is 2.56 bits per heavy atom. The van der Waals surface area contributed by atoms with Crippen LogP contribution in [0.1, 0.15) is 17.3 Å². The van der Waals surface area contributed by atoms with Gasteiger partial charge in [0.15, 0.2) is 29.6 Å². The van der Waals surface area contributed by atoms with Gasteiger partial charge in [0.05, 0.1) is 22.5 Å². The van der Waals surface area contributed by atoms with E-state index in [1.165, 1.54) is 24.5 Å². The minimum Gasteiger partial charge on any atom is -0.476 e. The summed E-state index contributed by atoms with van der Waals surface area (Å²) in [7, 11) is 5.83. The van der Waals surface area contributed by atoms with Crippen molar-refractivity contribution in [1.29, 1.82) is 5.26 Å². The van der Waals surface area contributed by atoms with Gasteiger partial charge in [-0.15, -0.1) is 0 Å². The minimum absolute atomic E-state index is 0.0405. The molecule has 1 N–H and O–H groups in total. The number of halogens is 3. The highest BCUT2D eigenvalue weighted by atomic mass is 35.5. The van der Waals surface area contributed by atoms with Crippen molar-refractivity contribution < 1.29 is 18.3 Å². The van der Waals surface area contributed by atoms with Crippen LogP contribution in [0.4, 0.5) is 20.3 Å². The van der Waals surface area contributed by atoms with Crippen molar-refractivity contribution in [3.8, 4) is 23.1 Å². The highest BCUT2D eigenvalue weighted by molar-refractivity contribution is 6.34. The predicted octanol–water partition coefficient (Wildman–Crippen LogP) is 4.93. The number of rotatable bonds is 13. The van der Waals surface area contributed by atoms with E-state index in [1.807, 2.05) is 14.1 Å². The molecule has 4 rings (SSSR count). The number of nitrogens with one attached hydrogen (secondary N) is 1. The maximum Gasteiger partial charge on any atom is 0.255 e. The monoisotopic (exact) mass is 610 g/mol. The minimum atomic E-state index is -1.20. The second-order valence-corrected chi connectivity index (χ2v) is 10.5. The molecule has 0 fully saturated rings. The summed E-state index contributed by atoms with van der Waals surface area (Å²) in [5.74, 6) is -2.52. The summed E-state index contributed by atoms with van der Waals surface area (Å²) in [6, 6.07) is 9.33. The van der Waals surface area contributed by atoms with Crippen LogP contribution in [0.2, 0.25) is 5.02 Å². The average molecular weight is 611 g/mol. The SMILES string of the molecule is CCN(CCN(C)C)CCN(C)C(=O)c1ccc(Nc2nccn3c(-c4ccc(OCC#N)c(F)c4F)cnc23)cc1Cl. The summed E-state index contributed by atoms with van der Waals surface area (Å²) in [4.78, 5) is 27.9. The third-order valence-electron chi connectivity index (χ3n) is 6.91. The smallest absolute Gasteiger partial charge is 0.255 e. The van der Waals surface area contributed by atoms with Crippen molar-refractivity contribution in [2.75, 3.05) is 65.8 Å². The Balaban J connectivity index is 1.49. The Morgan fingerprint density at radius 1 is 1.09 bits per heavy atom. The van der Waals surface area contributed by atoms with Crippen LogP contribution in [0.25, 0.3) is 16.9 Å². The number of nitrogens with zero attached hydrogens (tertiary/aromatic N) is 7. The van der Waals surface area contributed by atoms with E-state index < -0.39 is 18.2 Å². The van der Waals surface area contributed by atoms with E-state index in [2.05, 4.69) is 32.0 Å². The van der Waals surface area contributed by atoms with Crippen LogP contribution >= 0.6 is 11.6 Å². The maximum absolute atomic E-state index is 14.9. The second-order valence-electron chi connectivity index (χ2n) is 10.1. The van der Waals surface area contributed by atoms with Gasteiger partial charge in [-0.3, -0.25) is 9.20 Å². The molecule has 4 aromatic rings. The van der Waals surface area contributed by atoms with Crippen molar-refractivity contribution in [3.05, 3.63) is 71.1 Å². The van der Waals surface area contributed by atoms with Crippen LogP contribution in [-0.2, 0) is 0 Å². The Bertz CT molecular complexity index is 1640. The van der Waals surface area contributed by atoms with E-state index >= 15 is 0 Å². The third-order valence-corrected chi connectivity index (χ3v) is 7.23. The van der Waals surface area contributed by atoms with Crippen molar-refractivity contribution in [2.24, 2.45) is 0 Å². The summed E-state index contributed by atoms with van der Waals surface area (Å²) < 4.78 is 36.0. The molecule has 0 spiro atoms. The largest absolute Gasteiger partial charge is 0.476 e. The number of imidazole rings is 1. The molecule has 2 aromatic heterocycles. The molecule has 10 nitrogen and oxygen atoms in total. The fourth-order valence-electron chi connectivity index (χ4n) is 4.43. The lowest BCUT2D eigenvalue weighted by atomic mass is 10.1. The first-order valence-corrected chi connectivity index (χ1v) is 14.0. The Kier molecular flexibility index (Phi) is 10.5. The molecule has 0 aliphatic heterocycles. The number of carbonyl (C=O) groups excluding carboxylic acids is 1. The quantitative estimate of drug-likeness (QED) is 0.227. The van der Waals surface area contributed by atoms with Crippen molar-refractivity contribution >= 4 is 34.7 Å². The van der Waals surface area contributed by atoms with Crippen molar-refractivity contribution in [1.82, 2.24) is 29.1 Å². The lowest BCUT2D eigenvalue weighted by Crippen LogP contribution is -2.39. The van der Waals surface area contributed by atoms with Crippen LogP contribution < -0.4 is 10.1 Å². The van der Waals surface area contributed by atoms with Gasteiger partial charge in [0, 0.05) is 56.9 Å². The highest BCUT2D eigenvalue weighted by Gasteiger charge is 2.20. The normalized spacial score (nSPS) is 11.3. The average Bonchev–Trinajstić information content (AvgIpc) is 3.42. The number of hydrogen-bond donors (Lipinski definition) is 1. The summed E-state index contributed by atoms with van der Waals surface area (Å²) in [6.45, 7) is 5.76. The van der Waals surface area contributed by atoms with Crippen LogP contribution in [0.3, 0.4) is 0 Å². The molecule has 0 unspecified atom stereocenters. The molecule has 13 heteroatoms. The number of aromatic nitrogens is 3. The number of anilines is 2. The van der Waals surface area contributed by atoms with Crippen molar-refractivity contribution in [2.45, 2.75) is 6.92 Å². The van der Waals surface area contributed by atoms with E-state index in [1.54, 1.807) is 46.8 Å². The van der Waals surface area contributed by atoms with Gasteiger partial charge in [0.25, 0.3) is 5.91 Å². The van der Waals surface area contributed by atoms with Crippen LogP contribution in [0.15, 0.2) is 48.9 Å². The van der Waals surface area contributed by atoms with Gasteiger partial charge in [0.2, 0.25) is 5.82 Å². The zero-order chi connectivity index (χ0) is 31.1. The molecule has 226 valence electrons. The number of ether oxygens (including phenoxy) is 1. The maximum atomic E-state index is 14.9. The van der Waals surface area contributed by atoms with Gasteiger partial charge in [-0.25, -0.2) is 14.4 Å². The van der Waals surface area contributed by atoms with E-state index in [-0.39, 0.29) is 27.9 Å². The molecule has 0 bridgehead atoms. The molecule has 0 aliphatic carbocycles. The third kappa shape index (κ3) is 7.37. The zero-order valence-electron chi connectivity index (χ0n) is 24.4. The highest BCUT2D eigenvalue weighted by Crippen LogP contribution is 2.32. The number of carbonyl (C=O) groups is 1. The predicted molar refractivity (Wildman–Crippen MR) is 162 cm³/mol.